The summed E-state index contributed by atoms with van der Waals surface area (Å²) in [5, 5.41) is 0.340. The molecule has 0 amide bonds. The molecule has 0 aliphatic heterocycles. The molecule has 122 valence electrons. The first kappa shape index (κ1) is 18.9. The van der Waals surface area contributed by atoms with Gasteiger partial charge in [-0.05, 0) is 25.1 Å². The van der Waals surface area contributed by atoms with Gasteiger partial charge in [0.2, 0.25) is 0 Å². The van der Waals surface area contributed by atoms with Gasteiger partial charge in [-0.3, -0.25) is 0 Å². The first-order chi connectivity index (χ1) is 10.3. The van der Waals surface area contributed by atoms with Crippen molar-refractivity contribution in [1.82, 2.24) is 4.90 Å². The van der Waals surface area contributed by atoms with E-state index in [-0.39, 0.29) is 16.7 Å². The van der Waals surface area contributed by atoms with Gasteiger partial charge in [-0.1, -0.05) is 34.8 Å². The Morgan fingerprint density at radius 3 is 2.45 bits per heavy atom. The van der Waals surface area contributed by atoms with Crippen LogP contribution < -0.4 is 17.2 Å². The van der Waals surface area contributed by atoms with Gasteiger partial charge in [-0.25, -0.2) is 4.39 Å². The maximum Gasteiger partial charge on any atom is 0.142 e. The molecule has 1 rings (SSSR count). The molecular weight excluding hydrogens is 350 g/mol. The Kier molecular flexibility index (Phi) is 7.29. The minimum atomic E-state index is -0.552. The molecule has 4 nitrogen and oxygen atoms in total. The maximum atomic E-state index is 13.6. The van der Waals surface area contributed by atoms with Crippen LogP contribution in [0, 0.1) is 5.82 Å². The van der Waals surface area contributed by atoms with Crippen molar-refractivity contribution in [3.8, 4) is 0 Å². The summed E-state index contributed by atoms with van der Waals surface area (Å²) in [6.07, 6.45) is 1.61. The van der Waals surface area contributed by atoms with E-state index in [1.165, 1.54) is 12.1 Å². The van der Waals surface area contributed by atoms with Gasteiger partial charge in [0.25, 0.3) is 0 Å². The number of hydrogen-bond acceptors (Lipinski definition) is 4. The SMILES string of the molecule is C/C(N)=C/C(=C(N)Cl)N(CCN)Cc1c(Cl)ccc(F)c1Cl. The number of allylic oxidation sites excluding steroid dienone is 2. The molecule has 22 heavy (non-hydrogen) atoms. The van der Waals surface area contributed by atoms with Crippen molar-refractivity contribution in [2.24, 2.45) is 17.2 Å². The summed E-state index contributed by atoms with van der Waals surface area (Å²) < 4.78 is 13.6. The quantitative estimate of drug-likeness (QED) is 0.410. The zero-order valence-corrected chi connectivity index (χ0v) is 14.3. The molecular formula is C14H18Cl3FN4. The molecule has 0 saturated carbocycles. The monoisotopic (exact) mass is 366 g/mol. The van der Waals surface area contributed by atoms with Gasteiger partial charge in [-0.15, -0.1) is 0 Å². The van der Waals surface area contributed by atoms with Crippen LogP contribution in [0.4, 0.5) is 4.39 Å². The second-order valence-electron chi connectivity index (χ2n) is 4.65. The summed E-state index contributed by atoms with van der Waals surface area (Å²) >= 11 is 18.0. The molecule has 0 saturated heterocycles. The van der Waals surface area contributed by atoms with E-state index < -0.39 is 5.82 Å². The van der Waals surface area contributed by atoms with Crippen LogP contribution in [0.1, 0.15) is 12.5 Å². The highest BCUT2D eigenvalue weighted by Gasteiger charge is 2.17. The summed E-state index contributed by atoms with van der Waals surface area (Å²) in [4.78, 5) is 1.74. The second kappa shape index (κ2) is 8.48. The summed E-state index contributed by atoms with van der Waals surface area (Å²) in [5.74, 6) is -0.552. The Morgan fingerprint density at radius 2 is 1.95 bits per heavy atom. The van der Waals surface area contributed by atoms with Gasteiger partial charge in [0.15, 0.2) is 0 Å². The Morgan fingerprint density at radius 1 is 1.32 bits per heavy atom. The van der Waals surface area contributed by atoms with E-state index in [0.717, 1.165) is 0 Å². The van der Waals surface area contributed by atoms with Crippen LogP contribution in [0.15, 0.2) is 34.8 Å². The van der Waals surface area contributed by atoms with Crippen molar-refractivity contribution in [2.75, 3.05) is 13.1 Å². The van der Waals surface area contributed by atoms with Crippen LogP contribution in [0.2, 0.25) is 10.0 Å². The molecule has 0 heterocycles. The van der Waals surface area contributed by atoms with E-state index in [9.17, 15) is 4.39 Å². The fraction of sp³-hybridized carbons (Fsp3) is 0.286. The van der Waals surface area contributed by atoms with Gasteiger partial charge in [0.1, 0.15) is 11.0 Å². The summed E-state index contributed by atoms with van der Waals surface area (Å²) in [5.41, 5.74) is 18.4. The third kappa shape index (κ3) is 4.95. The third-order valence-corrected chi connectivity index (χ3v) is 3.79. The topological polar surface area (TPSA) is 81.3 Å². The van der Waals surface area contributed by atoms with Crippen molar-refractivity contribution >= 4 is 34.8 Å². The molecule has 1 aromatic rings. The molecule has 0 fully saturated rings. The molecule has 0 unspecified atom stereocenters. The minimum Gasteiger partial charge on any atom is -0.402 e. The lowest BCUT2D eigenvalue weighted by atomic mass is 10.2. The first-order valence-electron chi connectivity index (χ1n) is 6.44. The van der Waals surface area contributed by atoms with Crippen molar-refractivity contribution < 1.29 is 4.39 Å². The number of benzene rings is 1. The van der Waals surface area contributed by atoms with Crippen LogP contribution in [0.3, 0.4) is 0 Å². The molecule has 0 spiro atoms. The number of nitrogens with two attached hydrogens (primary N) is 3. The smallest absolute Gasteiger partial charge is 0.142 e. The van der Waals surface area contributed by atoms with Crippen molar-refractivity contribution in [3.05, 3.63) is 56.2 Å². The fourth-order valence-electron chi connectivity index (χ4n) is 1.87. The first-order valence-corrected chi connectivity index (χ1v) is 7.57. The van der Waals surface area contributed by atoms with Crippen molar-refractivity contribution in [3.63, 3.8) is 0 Å². The van der Waals surface area contributed by atoms with Gasteiger partial charge in [0, 0.05) is 35.9 Å². The summed E-state index contributed by atoms with van der Waals surface area (Å²) in [6, 6.07) is 2.65. The molecule has 1 aromatic carbocycles. The average molecular weight is 368 g/mol. The second-order valence-corrected chi connectivity index (χ2v) is 5.85. The molecule has 0 aliphatic rings. The van der Waals surface area contributed by atoms with Gasteiger partial charge in [-0.2, -0.15) is 0 Å². The van der Waals surface area contributed by atoms with E-state index in [2.05, 4.69) is 0 Å². The van der Waals surface area contributed by atoms with Gasteiger partial charge >= 0.3 is 0 Å². The predicted molar refractivity (Wildman–Crippen MR) is 90.9 cm³/mol. The highest BCUT2D eigenvalue weighted by molar-refractivity contribution is 6.36. The van der Waals surface area contributed by atoms with E-state index >= 15 is 0 Å². The largest absolute Gasteiger partial charge is 0.402 e. The van der Waals surface area contributed by atoms with Crippen LogP contribution in [-0.4, -0.2) is 18.0 Å². The molecule has 6 N–H and O–H groups in total. The van der Waals surface area contributed by atoms with E-state index in [0.29, 0.717) is 35.1 Å². The van der Waals surface area contributed by atoms with Crippen LogP contribution >= 0.6 is 34.8 Å². The molecule has 0 aromatic heterocycles. The summed E-state index contributed by atoms with van der Waals surface area (Å²) in [6.45, 7) is 2.63. The minimum absolute atomic E-state index is 0.0434. The van der Waals surface area contributed by atoms with E-state index in [1.807, 2.05) is 0 Å². The highest BCUT2D eigenvalue weighted by atomic mass is 35.5. The number of nitrogens with zero attached hydrogens (tertiary/aromatic N) is 1. The zero-order valence-electron chi connectivity index (χ0n) is 12.0. The Labute approximate surface area is 144 Å². The highest BCUT2D eigenvalue weighted by Crippen LogP contribution is 2.30. The van der Waals surface area contributed by atoms with E-state index in [4.69, 9.17) is 52.0 Å². The third-order valence-electron chi connectivity index (χ3n) is 2.84. The average Bonchev–Trinajstić information content (AvgIpc) is 2.43. The molecule has 0 atom stereocenters. The van der Waals surface area contributed by atoms with Crippen LogP contribution in [0.25, 0.3) is 0 Å². The van der Waals surface area contributed by atoms with Crippen LogP contribution in [0.5, 0.6) is 0 Å². The lowest BCUT2D eigenvalue weighted by molar-refractivity contribution is 0.353. The van der Waals surface area contributed by atoms with Gasteiger partial charge < -0.3 is 22.1 Å². The number of halogens is 4. The zero-order chi connectivity index (χ0) is 16.9. The number of rotatable bonds is 6. The molecule has 0 bridgehead atoms. The Hall–Kier alpha value is -1.14. The maximum absolute atomic E-state index is 13.6. The lowest BCUT2D eigenvalue weighted by Crippen LogP contribution is -2.30. The van der Waals surface area contributed by atoms with Crippen molar-refractivity contribution in [1.29, 1.82) is 0 Å². The predicted octanol–water partition coefficient (Wildman–Crippen LogP) is 3.12. The summed E-state index contributed by atoms with van der Waals surface area (Å²) in [7, 11) is 0. The van der Waals surface area contributed by atoms with E-state index in [1.54, 1.807) is 17.9 Å². The molecule has 0 radical (unpaired) electrons. The molecule has 0 aliphatic carbocycles. The standard InChI is InChI=1S/C14H18Cl3FN4/c1-8(20)6-12(14(17)21)22(5-4-19)7-9-10(15)2-3-11(18)13(9)16/h2-3,6H,4-5,7,19-21H2,1H3/b8-6-,14-12?. The fourth-order valence-corrected chi connectivity index (χ4v) is 2.54. The van der Waals surface area contributed by atoms with Crippen molar-refractivity contribution in [2.45, 2.75) is 13.5 Å². The number of hydrogen-bond donors (Lipinski definition) is 3. The molecule has 8 heteroatoms. The lowest BCUT2D eigenvalue weighted by Gasteiger charge is -2.27. The van der Waals surface area contributed by atoms with Crippen LogP contribution in [-0.2, 0) is 6.54 Å². The Balaban J connectivity index is 3.26. The Bertz CT molecular complexity index is 594. The van der Waals surface area contributed by atoms with Gasteiger partial charge in [0.05, 0.1) is 10.7 Å². The normalized spacial score (nSPS) is 13.1.